The van der Waals surface area contributed by atoms with Gasteiger partial charge in [-0.1, -0.05) is 13.0 Å². The van der Waals surface area contributed by atoms with E-state index in [0.717, 1.165) is 17.1 Å². The molecule has 160 valence electrons. The number of anilines is 2. The number of hydrogen-bond donors (Lipinski definition) is 2. The van der Waals surface area contributed by atoms with Gasteiger partial charge in [-0.05, 0) is 48.6 Å². The molecule has 1 fully saturated rings. The number of ether oxygens (including phenoxy) is 1. The van der Waals surface area contributed by atoms with Gasteiger partial charge in [0.25, 0.3) is 0 Å². The molecule has 1 saturated heterocycles. The topological polar surface area (TPSA) is 71.4 Å². The lowest BCUT2D eigenvalue weighted by atomic mass is 10.0. The van der Waals surface area contributed by atoms with Crippen molar-refractivity contribution in [3.63, 3.8) is 0 Å². The van der Waals surface area contributed by atoms with Crippen molar-refractivity contribution in [1.82, 2.24) is 14.9 Å². The van der Waals surface area contributed by atoms with Gasteiger partial charge in [-0.2, -0.15) is 0 Å². The first-order valence-electron chi connectivity index (χ1n) is 10.1. The minimum Gasteiger partial charge on any atom is -0.494 e. The van der Waals surface area contributed by atoms with E-state index in [1.807, 2.05) is 62.6 Å². The van der Waals surface area contributed by atoms with E-state index in [0.29, 0.717) is 23.0 Å². The standard InChI is InChI=1S/C23H25N5O2S/c1-4-20(29)25-16-11-10-15(14-19(16)30-3)28-22(18-9-7-13-27(18)2)21(26-23(28)31)17-8-5-6-12-24-17/h5-14,21-22H,4H2,1-3H3,(H,25,29)(H,26,31)/t21-,22-/m0/s1. The molecule has 1 amide bonds. The van der Waals surface area contributed by atoms with Crippen molar-refractivity contribution in [3.8, 4) is 5.75 Å². The maximum atomic E-state index is 11.9. The van der Waals surface area contributed by atoms with E-state index in [9.17, 15) is 4.79 Å². The minimum absolute atomic E-state index is 0.0682. The molecule has 3 heterocycles. The van der Waals surface area contributed by atoms with Crippen LogP contribution in [-0.2, 0) is 11.8 Å². The van der Waals surface area contributed by atoms with Crippen molar-refractivity contribution in [3.05, 3.63) is 72.3 Å². The number of hydrogen-bond acceptors (Lipinski definition) is 4. The number of benzene rings is 1. The van der Waals surface area contributed by atoms with Crippen LogP contribution in [0, 0.1) is 0 Å². The number of methoxy groups -OCH3 is 1. The van der Waals surface area contributed by atoms with E-state index < -0.39 is 0 Å². The molecule has 0 unspecified atom stereocenters. The van der Waals surface area contributed by atoms with Gasteiger partial charge in [0.1, 0.15) is 11.8 Å². The summed E-state index contributed by atoms with van der Waals surface area (Å²) in [5, 5.41) is 6.93. The Morgan fingerprint density at radius 1 is 1.26 bits per heavy atom. The van der Waals surface area contributed by atoms with Crippen LogP contribution in [0.5, 0.6) is 5.75 Å². The zero-order valence-corrected chi connectivity index (χ0v) is 18.5. The first-order chi connectivity index (χ1) is 15.0. The smallest absolute Gasteiger partial charge is 0.224 e. The first-order valence-corrected chi connectivity index (χ1v) is 10.5. The normalized spacial score (nSPS) is 18.0. The lowest BCUT2D eigenvalue weighted by Gasteiger charge is -2.28. The van der Waals surface area contributed by atoms with Crippen LogP contribution in [0.1, 0.15) is 36.8 Å². The number of thiocarbonyl (C=S) groups is 1. The van der Waals surface area contributed by atoms with Crippen LogP contribution >= 0.6 is 12.2 Å². The minimum atomic E-state index is -0.118. The highest BCUT2D eigenvalue weighted by Gasteiger charge is 2.42. The van der Waals surface area contributed by atoms with E-state index in [-0.39, 0.29) is 18.0 Å². The number of rotatable bonds is 6. The number of aromatic nitrogens is 2. The van der Waals surface area contributed by atoms with Crippen LogP contribution in [0.4, 0.5) is 11.4 Å². The predicted octanol–water partition coefficient (Wildman–Crippen LogP) is 3.95. The zero-order valence-electron chi connectivity index (χ0n) is 17.7. The van der Waals surface area contributed by atoms with Crippen molar-refractivity contribution >= 4 is 34.6 Å². The molecule has 4 rings (SSSR count). The summed E-state index contributed by atoms with van der Waals surface area (Å²) in [5.74, 6) is 0.510. The fraction of sp³-hybridized carbons (Fsp3) is 0.261. The van der Waals surface area contributed by atoms with Gasteiger partial charge in [0.2, 0.25) is 5.91 Å². The number of carbonyl (C=O) groups is 1. The number of amides is 1. The average molecular weight is 436 g/mol. The Balaban J connectivity index is 1.78. The molecule has 8 heteroatoms. The summed E-state index contributed by atoms with van der Waals surface area (Å²) in [7, 11) is 3.61. The average Bonchev–Trinajstić information content (AvgIpc) is 3.36. The SMILES string of the molecule is CCC(=O)Nc1ccc(N2C(=S)N[C@@H](c3ccccn3)[C@@H]2c2cccn2C)cc1OC. The lowest BCUT2D eigenvalue weighted by molar-refractivity contribution is -0.115. The lowest BCUT2D eigenvalue weighted by Crippen LogP contribution is -2.30. The molecule has 0 bridgehead atoms. The number of nitrogens with zero attached hydrogens (tertiary/aromatic N) is 3. The summed E-state index contributed by atoms with van der Waals surface area (Å²) in [6, 6.07) is 15.5. The summed E-state index contributed by atoms with van der Waals surface area (Å²) < 4.78 is 7.66. The summed E-state index contributed by atoms with van der Waals surface area (Å²) >= 11 is 5.76. The molecule has 7 nitrogen and oxygen atoms in total. The Morgan fingerprint density at radius 3 is 2.74 bits per heavy atom. The monoisotopic (exact) mass is 435 g/mol. The summed E-state index contributed by atoms with van der Waals surface area (Å²) in [6.45, 7) is 1.81. The highest BCUT2D eigenvalue weighted by atomic mass is 32.1. The molecule has 1 aliphatic heterocycles. The summed E-state index contributed by atoms with van der Waals surface area (Å²) in [5.41, 5.74) is 3.52. The Kier molecular flexibility index (Phi) is 5.90. The molecule has 1 aromatic carbocycles. The van der Waals surface area contributed by atoms with Gasteiger partial charge in [-0.15, -0.1) is 0 Å². The van der Waals surface area contributed by atoms with Crippen LogP contribution in [0.2, 0.25) is 0 Å². The molecular weight excluding hydrogens is 410 g/mol. The molecule has 0 saturated carbocycles. The van der Waals surface area contributed by atoms with Crippen molar-refractivity contribution in [2.75, 3.05) is 17.3 Å². The van der Waals surface area contributed by atoms with E-state index in [1.165, 1.54) is 0 Å². The first kappa shape index (κ1) is 20.9. The maximum Gasteiger partial charge on any atom is 0.224 e. The predicted molar refractivity (Wildman–Crippen MR) is 125 cm³/mol. The van der Waals surface area contributed by atoms with Gasteiger partial charge in [0, 0.05) is 43.3 Å². The van der Waals surface area contributed by atoms with Crippen molar-refractivity contribution in [1.29, 1.82) is 0 Å². The molecule has 1 aliphatic rings. The molecule has 3 aromatic rings. The Hall–Kier alpha value is -3.39. The molecule has 2 aromatic heterocycles. The molecular formula is C23H25N5O2S. The largest absolute Gasteiger partial charge is 0.494 e. The van der Waals surface area contributed by atoms with E-state index in [2.05, 4.69) is 31.2 Å². The van der Waals surface area contributed by atoms with Crippen LogP contribution in [-0.4, -0.2) is 27.7 Å². The van der Waals surface area contributed by atoms with Gasteiger partial charge in [0.05, 0.1) is 24.5 Å². The zero-order chi connectivity index (χ0) is 22.0. The van der Waals surface area contributed by atoms with E-state index in [1.54, 1.807) is 13.3 Å². The summed E-state index contributed by atoms with van der Waals surface area (Å²) in [4.78, 5) is 18.5. The molecule has 0 radical (unpaired) electrons. The van der Waals surface area contributed by atoms with E-state index in [4.69, 9.17) is 17.0 Å². The number of carbonyl (C=O) groups excluding carboxylic acids is 1. The highest BCUT2D eigenvalue weighted by molar-refractivity contribution is 7.80. The second-order valence-corrected chi connectivity index (χ2v) is 7.71. The molecule has 2 N–H and O–H groups in total. The maximum absolute atomic E-state index is 11.9. The molecule has 0 spiro atoms. The van der Waals surface area contributed by atoms with Gasteiger partial charge in [0.15, 0.2) is 5.11 Å². The third kappa shape index (κ3) is 3.98. The third-order valence-electron chi connectivity index (χ3n) is 5.44. The molecule has 31 heavy (non-hydrogen) atoms. The fourth-order valence-corrected chi connectivity index (χ4v) is 4.23. The van der Waals surface area contributed by atoms with Gasteiger partial charge in [-0.25, -0.2) is 0 Å². The van der Waals surface area contributed by atoms with Crippen molar-refractivity contribution in [2.24, 2.45) is 7.05 Å². The van der Waals surface area contributed by atoms with Gasteiger partial charge in [-0.3, -0.25) is 9.78 Å². The molecule has 2 atom stereocenters. The van der Waals surface area contributed by atoms with Crippen LogP contribution in [0.3, 0.4) is 0 Å². The second-order valence-electron chi connectivity index (χ2n) is 7.33. The van der Waals surface area contributed by atoms with Crippen LogP contribution in [0.25, 0.3) is 0 Å². The Morgan fingerprint density at radius 2 is 2.10 bits per heavy atom. The fourth-order valence-electron chi connectivity index (χ4n) is 3.89. The number of nitrogens with one attached hydrogen (secondary N) is 2. The summed E-state index contributed by atoms with van der Waals surface area (Å²) in [6.07, 6.45) is 4.21. The van der Waals surface area contributed by atoms with E-state index >= 15 is 0 Å². The van der Waals surface area contributed by atoms with Crippen LogP contribution < -0.4 is 20.3 Å². The Bertz CT molecular complexity index is 1100. The van der Waals surface area contributed by atoms with Gasteiger partial charge >= 0.3 is 0 Å². The Labute approximate surface area is 187 Å². The number of aryl methyl sites for hydroxylation is 1. The van der Waals surface area contributed by atoms with Crippen molar-refractivity contribution < 1.29 is 9.53 Å². The van der Waals surface area contributed by atoms with Crippen LogP contribution in [0.15, 0.2) is 60.9 Å². The highest BCUT2D eigenvalue weighted by Crippen LogP contribution is 2.43. The second kappa shape index (κ2) is 8.77. The molecule has 0 aliphatic carbocycles. The van der Waals surface area contributed by atoms with Gasteiger partial charge < -0.3 is 24.8 Å². The van der Waals surface area contributed by atoms with Crippen molar-refractivity contribution in [2.45, 2.75) is 25.4 Å². The number of pyridine rings is 1. The quantitative estimate of drug-likeness (QED) is 0.571. The third-order valence-corrected chi connectivity index (χ3v) is 5.76.